The normalized spacial score (nSPS) is 18.2. The first-order valence-electron chi connectivity index (χ1n) is 7.84. The van der Waals surface area contributed by atoms with Crippen molar-refractivity contribution in [2.45, 2.75) is 31.2 Å². The maximum Gasteiger partial charge on any atom is 0.245 e. The van der Waals surface area contributed by atoms with Crippen molar-refractivity contribution < 1.29 is 13.2 Å². The van der Waals surface area contributed by atoms with Crippen LogP contribution >= 0.6 is 0 Å². The van der Waals surface area contributed by atoms with Crippen LogP contribution in [0.15, 0.2) is 53.4 Å². The molecule has 1 N–H and O–H groups in total. The van der Waals surface area contributed by atoms with Crippen LogP contribution in [0.5, 0.6) is 0 Å². The molecule has 24 heavy (non-hydrogen) atoms. The molecule has 2 aromatic carbocycles. The number of aryl methyl sites for hydroxylation is 2. The third-order valence-electron chi connectivity index (χ3n) is 4.08. The number of benzene rings is 2. The van der Waals surface area contributed by atoms with Crippen LogP contribution in [0, 0.1) is 13.8 Å². The summed E-state index contributed by atoms with van der Waals surface area (Å²) in [6, 6.07) is 13.7. The summed E-state index contributed by atoms with van der Waals surface area (Å²) >= 11 is 0. The monoisotopic (exact) mass is 344 g/mol. The number of sulfonamides is 1. The van der Waals surface area contributed by atoms with Gasteiger partial charge in [0, 0.05) is 12.2 Å². The number of para-hydroxylation sites is 1. The van der Waals surface area contributed by atoms with Crippen molar-refractivity contribution in [3.05, 3.63) is 59.7 Å². The number of hydrogen-bond donors (Lipinski definition) is 1. The minimum Gasteiger partial charge on any atom is -0.311 e. The van der Waals surface area contributed by atoms with Crippen LogP contribution in [0.25, 0.3) is 0 Å². The number of carbonyl (C=O) groups is 1. The summed E-state index contributed by atoms with van der Waals surface area (Å²) in [4.78, 5) is 14.4. The first kappa shape index (κ1) is 16.7. The molecule has 3 rings (SSSR count). The quantitative estimate of drug-likeness (QED) is 0.926. The molecule has 0 aliphatic carbocycles. The van der Waals surface area contributed by atoms with Gasteiger partial charge in [-0.25, -0.2) is 8.42 Å². The number of anilines is 1. The molecule has 1 aliphatic rings. The molecule has 1 heterocycles. The number of hydrogen-bond acceptors (Lipinski definition) is 3. The largest absolute Gasteiger partial charge is 0.311 e. The molecular weight excluding hydrogens is 324 g/mol. The fraction of sp³-hybridized carbons (Fsp3) is 0.278. The Hall–Kier alpha value is -2.18. The summed E-state index contributed by atoms with van der Waals surface area (Å²) < 4.78 is 27.8. The highest BCUT2D eigenvalue weighted by Gasteiger charge is 2.35. The Bertz CT molecular complexity index is 843. The maximum absolute atomic E-state index is 12.6. The lowest BCUT2D eigenvalue weighted by atomic mass is 10.2. The molecule has 0 radical (unpaired) electrons. The zero-order chi connectivity index (χ0) is 17.3. The van der Waals surface area contributed by atoms with Crippen LogP contribution in [-0.2, 0) is 14.8 Å². The molecular formula is C18H20N2O3S. The van der Waals surface area contributed by atoms with E-state index in [4.69, 9.17) is 0 Å². The molecule has 0 spiro atoms. The van der Waals surface area contributed by atoms with Gasteiger partial charge < -0.3 is 4.90 Å². The van der Waals surface area contributed by atoms with Crippen LogP contribution in [0.1, 0.15) is 17.5 Å². The predicted octanol–water partition coefficient (Wildman–Crippen LogP) is 2.39. The third-order valence-corrected chi connectivity index (χ3v) is 5.53. The second kappa shape index (κ2) is 6.37. The van der Waals surface area contributed by atoms with Crippen molar-refractivity contribution in [3.8, 4) is 0 Å². The van der Waals surface area contributed by atoms with Gasteiger partial charge in [0.05, 0.1) is 4.90 Å². The molecule has 0 aromatic heterocycles. The molecule has 0 saturated carbocycles. The summed E-state index contributed by atoms with van der Waals surface area (Å²) in [6.45, 7) is 4.20. The van der Waals surface area contributed by atoms with E-state index in [9.17, 15) is 13.2 Å². The number of carbonyl (C=O) groups excluding carboxylic acids is 1. The van der Waals surface area contributed by atoms with Gasteiger partial charge in [-0.15, -0.1) is 0 Å². The van der Waals surface area contributed by atoms with E-state index in [1.54, 1.807) is 17.0 Å². The maximum atomic E-state index is 12.6. The van der Waals surface area contributed by atoms with Gasteiger partial charge in [-0.1, -0.05) is 24.3 Å². The summed E-state index contributed by atoms with van der Waals surface area (Å²) in [5.41, 5.74) is 2.54. The van der Waals surface area contributed by atoms with Crippen molar-refractivity contribution in [1.82, 2.24) is 4.72 Å². The van der Waals surface area contributed by atoms with E-state index in [1.165, 1.54) is 0 Å². The Labute approximate surface area is 142 Å². The van der Waals surface area contributed by atoms with Crippen molar-refractivity contribution in [1.29, 1.82) is 0 Å². The minimum absolute atomic E-state index is 0.200. The van der Waals surface area contributed by atoms with E-state index in [0.29, 0.717) is 13.0 Å². The van der Waals surface area contributed by atoms with E-state index >= 15 is 0 Å². The highest BCUT2D eigenvalue weighted by Crippen LogP contribution is 2.23. The van der Waals surface area contributed by atoms with Crippen LogP contribution in [0.4, 0.5) is 5.69 Å². The molecule has 126 valence electrons. The van der Waals surface area contributed by atoms with Gasteiger partial charge in [0.2, 0.25) is 15.9 Å². The van der Waals surface area contributed by atoms with Crippen LogP contribution in [0.2, 0.25) is 0 Å². The average Bonchev–Trinajstić information content (AvgIpc) is 2.88. The Balaban J connectivity index is 1.80. The second-order valence-corrected chi connectivity index (χ2v) is 7.83. The zero-order valence-electron chi connectivity index (χ0n) is 13.7. The Morgan fingerprint density at radius 2 is 1.67 bits per heavy atom. The fourth-order valence-corrected chi connectivity index (χ4v) is 4.41. The van der Waals surface area contributed by atoms with Crippen molar-refractivity contribution in [2.75, 3.05) is 11.4 Å². The Morgan fingerprint density at radius 1 is 1.04 bits per heavy atom. The van der Waals surface area contributed by atoms with Gasteiger partial charge in [0.1, 0.15) is 6.04 Å². The fourth-order valence-electron chi connectivity index (χ4n) is 3.00. The summed E-state index contributed by atoms with van der Waals surface area (Å²) in [7, 11) is -3.72. The van der Waals surface area contributed by atoms with Gasteiger partial charge in [0.25, 0.3) is 0 Å². The van der Waals surface area contributed by atoms with E-state index < -0.39 is 16.1 Å². The van der Waals surface area contributed by atoms with Gasteiger partial charge in [-0.2, -0.15) is 4.72 Å². The smallest absolute Gasteiger partial charge is 0.245 e. The predicted molar refractivity (Wildman–Crippen MR) is 93.4 cm³/mol. The summed E-state index contributed by atoms with van der Waals surface area (Å²) in [6.07, 6.45) is 0.456. The van der Waals surface area contributed by atoms with E-state index in [1.807, 2.05) is 50.2 Å². The van der Waals surface area contributed by atoms with Crippen molar-refractivity contribution in [3.63, 3.8) is 0 Å². The van der Waals surface area contributed by atoms with Gasteiger partial charge in [-0.05, 0) is 55.7 Å². The number of nitrogens with zero attached hydrogens (tertiary/aromatic N) is 1. The molecule has 1 fully saturated rings. The third kappa shape index (κ3) is 3.34. The summed E-state index contributed by atoms with van der Waals surface area (Å²) in [5.74, 6) is -0.214. The molecule has 5 nitrogen and oxygen atoms in total. The molecule has 0 bridgehead atoms. The highest BCUT2D eigenvalue weighted by molar-refractivity contribution is 7.89. The first-order chi connectivity index (χ1) is 11.4. The average molecular weight is 344 g/mol. The topological polar surface area (TPSA) is 66.5 Å². The lowest BCUT2D eigenvalue weighted by molar-refractivity contribution is -0.118. The molecule has 6 heteroatoms. The van der Waals surface area contributed by atoms with Gasteiger partial charge in [-0.3, -0.25) is 4.79 Å². The highest BCUT2D eigenvalue weighted by atomic mass is 32.2. The molecule has 1 amide bonds. The minimum atomic E-state index is -3.72. The number of amides is 1. The Kier molecular flexibility index (Phi) is 4.43. The van der Waals surface area contributed by atoms with Crippen molar-refractivity contribution in [2.24, 2.45) is 0 Å². The molecule has 1 aliphatic heterocycles. The molecule has 0 unspecified atom stereocenters. The van der Waals surface area contributed by atoms with Crippen LogP contribution in [0.3, 0.4) is 0 Å². The molecule has 2 aromatic rings. The van der Waals surface area contributed by atoms with Gasteiger partial charge >= 0.3 is 0 Å². The molecule has 1 atom stereocenters. The van der Waals surface area contributed by atoms with Crippen molar-refractivity contribution >= 4 is 21.6 Å². The SMILES string of the molecule is Cc1cc(C)cc(S(=O)(=O)N[C@@H]2CCN(c3ccccc3)C2=O)c1. The van der Waals surface area contributed by atoms with Crippen LogP contribution < -0.4 is 9.62 Å². The van der Waals surface area contributed by atoms with Gasteiger partial charge in [0.15, 0.2) is 0 Å². The van der Waals surface area contributed by atoms with Crippen LogP contribution in [-0.4, -0.2) is 26.9 Å². The van der Waals surface area contributed by atoms with E-state index in [-0.39, 0.29) is 10.8 Å². The van der Waals surface area contributed by atoms with E-state index in [0.717, 1.165) is 16.8 Å². The van der Waals surface area contributed by atoms with E-state index in [2.05, 4.69) is 4.72 Å². The summed E-state index contributed by atoms with van der Waals surface area (Å²) in [5, 5.41) is 0. The Morgan fingerprint density at radius 3 is 2.29 bits per heavy atom. The molecule has 1 saturated heterocycles. The number of rotatable bonds is 4. The zero-order valence-corrected chi connectivity index (χ0v) is 14.5. The number of nitrogens with one attached hydrogen (secondary N) is 1. The second-order valence-electron chi connectivity index (χ2n) is 6.11. The lowest BCUT2D eigenvalue weighted by Crippen LogP contribution is -2.41. The lowest BCUT2D eigenvalue weighted by Gasteiger charge is -2.17. The standard InChI is InChI=1S/C18H20N2O3S/c1-13-10-14(2)12-16(11-13)24(22,23)19-17-8-9-20(18(17)21)15-6-4-3-5-7-15/h3-7,10-12,17,19H,8-9H2,1-2H3/t17-/m1/s1. The first-order valence-corrected chi connectivity index (χ1v) is 9.32.